The summed E-state index contributed by atoms with van der Waals surface area (Å²) in [6, 6.07) is 1.30. The van der Waals surface area contributed by atoms with Crippen LogP contribution in [0.3, 0.4) is 0 Å². The molecule has 20 heavy (non-hydrogen) atoms. The van der Waals surface area contributed by atoms with Gasteiger partial charge in [0, 0.05) is 29.5 Å². The maximum Gasteiger partial charge on any atom is 0.267 e. The van der Waals surface area contributed by atoms with Crippen LogP contribution in [0.4, 0.5) is 0 Å². The Bertz CT molecular complexity index is 622. The Morgan fingerprint density at radius 2 is 2.15 bits per heavy atom. The lowest BCUT2D eigenvalue weighted by Crippen LogP contribution is -2.28. The van der Waals surface area contributed by atoms with Crippen LogP contribution < -0.4 is 5.32 Å². The van der Waals surface area contributed by atoms with Crippen LogP contribution in [0.1, 0.15) is 43.7 Å². The maximum absolute atomic E-state index is 12.2. The van der Waals surface area contributed by atoms with Gasteiger partial charge in [0.15, 0.2) is 0 Å². The van der Waals surface area contributed by atoms with Crippen LogP contribution >= 0.6 is 10.7 Å². The molecule has 0 bridgehead atoms. The molecule has 1 aromatic rings. The van der Waals surface area contributed by atoms with E-state index >= 15 is 0 Å². The van der Waals surface area contributed by atoms with E-state index in [9.17, 15) is 13.2 Å². The standard InChI is InChI=1S/C13H19ClN2O3S/c1-8(2)16-7-11(20(14,18)19)5-12(16)13(17)15-6-10-4-9(10)3/h5,7-10H,4,6H2,1-3H3,(H,15,17). The number of nitrogens with one attached hydrogen (secondary N) is 1. The fourth-order valence-corrected chi connectivity index (χ4v) is 2.94. The molecule has 1 saturated carbocycles. The summed E-state index contributed by atoms with van der Waals surface area (Å²) in [6.45, 7) is 6.53. The number of carbonyl (C=O) groups is 1. The molecule has 0 saturated heterocycles. The lowest BCUT2D eigenvalue weighted by Gasteiger charge is -2.12. The predicted molar refractivity (Wildman–Crippen MR) is 77.5 cm³/mol. The quantitative estimate of drug-likeness (QED) is 0.847. The Morgan fingerprint density at radius 3 is 2.60 bits per heavy atom. The second-order valence-electron chi connectivity index (χ2n) is 5.68. The third-order valence-electron chi connectivity index (χ3n) is 3.69. The third kappa shape index (κ3) is 3.35. The minimum absolute atomic E-state index is 0.0252. The van der Waals surface area contributed by atoms with E-state index in [1.807, 2.05) is 13.8 Å². The molecule has 0 aromatic carbocycles. The lowest BCUT2D eigenvalue weighted by atomic mass is 10.3. The van der Waals surface area contributed by atoms with Crippen molar-refractivity contribution in [3.05, 3.63) is 18.0 Å². The lowest BCUT2D eigenvalue weighted by molar-refractivity contribution is 0.0940. The van der Waals surface area contributed by atoms with Gasteiger partial charge in [0.2, 0.25) is 0 Å². The monoisotopic (exact) mass is 318 g/mol. The molecule has 1 heterocycles. The summed E-state index contributed by atoms with van der Waals surface area (Å²) in [5.41, 5.74) is 0.326. The SMILES string of the molecule is CC1CC1CNC(=O)c1cc(S(=O)(=O)Cl)cn1C(C)C. The van der Waals surface area contributed by atoms with E-state index < -0.39 is 9.05 Å². The fourth-order valence-electron chi connectivity index (χ4n) is 2.19. The predicted octanol–water partition coefficient (Wildman–Crippen LogP) is 2.38. The Morgan fingerprint density at radius 1 is 1.55 bits per heavy atom. The summed E-state index contributed by atoms with van der Waals surface area (Å²) in [5, 5.41) is 2.85. The van der Waals surface area contributed by atoms with Gasteiger partial charge in [0.05, 0.1) is 0 Å². The number of hydrogen-bond donors (Lipinski definition) is 1. The summed E-state index contributed by atoms with van der Waals surface area (Å²) < 4.78 is 24.4. The number of carbonyl (C=O) groups excluding carboxylic acids is 1. The number of nitrogens with zero attached hydrogens (tertiary/aromatic N) is 1. The topological polar surface area (TPSA) is 68.2 Å². The highest BCUT2D eigenvalue weighted by molar-refractivity contribution is 8.13. The first-order valence-electron chi connectivity index (χ1n) is 6.65. The molecular weight excluding hydrogens is 300 g/mol. The van der Waals surface area contributed by atoms with Crippen molar-refractivity contribution in [3.63, 3.8) is 0 Å². The second kappa shape index (κ2) is 5.41. The normalized spacial score (nSPS) is 22.1. The van der Waals surface area contributed by atoms with Crippen molar-refractivity contribution in [2.24, 2.45) is 11.8 Å². The molecule has 0 aliphatic heterocycles. The van der Waals surface area contributed by atoms with E-state index in [0.717, 1.165) is 6.42 Å². The zero-order chi connectivity index (χ0) is 15.1. The van der Waals surface area contributed by atoms with Crippen LogP contribution in [0, 0.1) is 11.8 Å². The Labute approximate surface area is 123 Å². The van der Waals surface area contributed by atoms with Crippen molar-refractivity contribution < 1.29 is 13.2 Å². The van der Waals surface area contributed by atoms with Crippen molar-refractivity contribution in [2.75, 3.05) is 6.54 Å². The van der Waals surface area contributed by atoms with Crippen molar-refractivity contribution in [1.29, 1.82) is 0 Å². The molecule has 2 unspecified atom stereocenters. The van der Waals surface area contributed by atoms with E-state index in [4.69, 9.17) is 10.7 Å². The van der Waals surface area contributed by atoms with Gasteiger partial charge in [-0.05, 0) is 38.2 Å². The van der Waals surface area contributed by atoms with Crippen LogP contribution in [-0.2, 0) is 9.05 Å². The minimum atomic E-state index is -3.83. The Hall–Kier alpha value is -1.01. The molecule has 0 radical (unpaired) electrons. The van der Waals surface area contributed by atoms with E-state index in [1.54, 1.807) is 4.57 Å². The van der Waals surface area contributed by atoms with Crippen molar-refractivity contribution in [2.45, 2.75) is 38.1 Å². The summed E-state index contributed by atoms with van der Waals surface area (Å²) in [7, 11) is 1.51. The summed E-state index contributed by atoms with van der Waals surface area (Å²) in [5.74, 6) is 0.938. The van der Waals surface area contributed by atoms with Gasteiger partial charge in [-0.1, -0.05) is 6.92 Å². The minimum Gasteiger partial charge on any atom is -0.350 e. The zero-order valence-corrected chi connectivity index (χ0v) is 13.3. The smallest absolute Gasteiger partial charge is 0.267 e. The van der Waals surface area contributed by atoms with Crippen LogP contribution in [0.25, 0.3) is 0 Å². The highest BCUT2D eigenvalue weighted by Crippen LogP contribution is 2.36. The van der Waals surface area contributed by atoms with E-state index in [-0.39, 0.29) is 16.8 Å². The van der Waals surface area contributed by atoms with Crippen molar-refractivity contribution >= 4 is 25.6 Å². The van der Waals surface area contributed by atoms with Crippen LogP contribution in [0.15, 0.2) is 17.2 Å². The van der Waals surface area contributed by atoms with Crippen molar-refractivity contribution in [3.8, 4) is 0 Å². The average molecular weight is 319 g/mol. The molecule has 1 fully saturated rings. The number of amides is 1. The number of hydrogen-bond acceptors (Lipinski definition) is 3. The Kier molecular flexibility index (Phi) is 4.16. The van der Waals surface area contributed by atoms with E-state index in [1.165, 1.54) is 12.3 Å². The van der Waals surface area contributed by atoms with Crippen LogP contribution in [0.5, 0.6) is 0 Å². The summed E-state index contributed by atoms with van der Waals surface area (Å²) in [4.78, 5) is 12.1. The van der Waals surface area contributed by atoms with Crippen LogP contribution in [0.2, 0.25) is 0 Å². The molecule has 1 aromatic heterocycles. The molecule has 2 atom stereocenters. The molecule has 0 spiro atoms. The first-order chi connectivity index (χ1) is 9.20. The first-order valence-corrected chi connectivity index (χ1v) is 8.95. The van der Waals surface area contributed by atoms with Gasteiger partial charge in [-0.15, -0.1) is 0 Å². The van der Waals surface area contributed by atoms with Gasteiger partial charge in [-0.2, -0.15) is 0 Å². The van der Waals surface area contributed by atoms with Gasteiger partial charge < -0.3 is 9.88 Å². The molecule has 5 nitrogen and oxygen atoms in total. The van der Waals surface area contributed by atoms with Gasteiger partial charge in [0.25, 0.3) is 15.0 Å². The molecule has 2 rings (SSSR count). The van der Waals surface area contributed by atoms with Gasteiger partial charge >= 0.3 is 0 Å². The van der Waals surface area contributed by atoms with Gasteiger partial charge in [-0.3, -0.25) is 4.79 Å². The molecule has 1 aliphatic rings. The fraction of sp³-hybridized carbons (Fsp3) is 0.615. The molecule has 112 valence electrons. The van der Waals surface area contributed by atoms with Crippen molar-refractivity contribution in [1.82, 2.24) is 9.88 Å². The third-order valence-corrected chi connectivity index (χ3v) is 5.02. The number of rotatable bonds is 5. The molecule has 7 heteroatoms. The van der Waals surface area contributed by atoms with E-state index in [2.05, 4.69) is 12.2 Å². The van der Waals surface area contributed by atoms with E-state index in [0.29, 0.717) is 24.1 Å². The maximum atomic E-state index is 12.2. The average Bonchev–Trinajstić information content (AvgIpc) is 2.87. The summed E-state index contributed by atoms with van der Waals surface area (Å²) in [6.07, 6.45) is 2.54. The largest absolute Gasteiger partial charge is 0.350 e. The molecule has 1 amide bonds. The van der Waals surface area contributed by atoms with Gasteiger partial charge in [-0.25, -0.2) is 8.42 Å². The second-order valence-corrected chi connectivity index (χ2v) is 8.25. The highest BCUT2D eigenvalue weighted by Gasteiger charge is 2.32. The molecule has 1 aliphatic carbocycles. The molecular formula is C13H19ClN2O3S. The van der Waals surface area contributed by atoms with Crippen LogP contribution in [-0.4, -0.2) is 25.4 Å². The highest BCUT2D eigenvalue weighted by atomic mass is 35.7. The van der Waals surface area contributed by atoms with Gasteiger partial charge in [0.1, 0.15) is 10.6 Å². The Balaban J connectivity index is 2.20. The summed E-state index contributed by atoms with van der Waals surface area (Å²) >= 11 is 0. The number of aromatic nitrogens is 1. The zero-order valence-electron chi connectivity index (χ0n) is 11.8. The number of halogens is 1. The molecule has 1 N–H and O–H groups in total. The first kappa shape index (κ1) is 15.4.